The third kappa shape index (κ3) is 5.40. The molecule has 110 valence electrons. The summed E-state index contributed by atoms with van der Waals surface area (Å²) < 4.78 is 10.5. The lowest BCUT2D eigenvalue weighted by Crippen LogP contribution is -2.22. The Hall–Kier alpha value is -1.88. The van der Waals surface area contributed by atoms with Crippen LogP contribution in [0.2, 0.25) is 0 Å². The van der Waals surface area contributed by atoms with Gasteiger partial charge in [-0.2, -0.15) is 0 Å². The Morgan fingerprint density at radius 3 is 2.90 bits per heavy atom. The van der Waals surface area contributed by atoms with Gasteiger partial charge in [-0.3, -0.25) is 0 Å². The molecule has 0 aliphatic heterocycles. The van der Waals surface area contributed by atoms with Crippen LogP contribution in [0.1, 0.15) is 26.3 Å². The first-order valence-electron chi connectivity index (χ1n) is 6.70. The molecule has 0 amide bonds. The zero-order chi connectivity index (χ0) is 15.0. The molecule has 0 aliphatic carbocycles. The molecule has 5 nitrogen and oxygen atoms in total. The van der Waals surface area contributed by atoms with Crippen molar-refractivity contribution in [1.82, 2.24) is 10.3 Å². The summed E-state index contributed by atoms with van der Waals surface area (Å²) in [5.41, 5.74) is 1.35. The summed E-state index contributed by atoms with van der Waals surface area (Å²) in [4.78, 5) is 15.6. The van der Waals surface area contributed by atoms with Crippen molar-refractivity contribution in [1.29, 1.82) is 0 Å². The number of hydrogen-bond acceptors (Lipinski definition) is 5. The Morgan fingerprint density at radius 1 is 1.50 bits per heavy atom. The minimum absolute atomic E-state index is 0.0677. The topological polar surface area (TPSA) is 60.5 Å². The normalized spacial score (nSPS) is 10.4. The predicted octanol–water partition coefficient (Wildman–Crippen LogP) is 2.08. The fourth-order valence-corrected chi connectivity index (χ4v) is 1.54. The first-order chi connectivity index (χ1) is 9.54. The smallest absolute Gasteiger partial charge is 0.334 e. The van der Waals surface area contributed by atoms with Crippen molar-refractivity contribution in [3.8, 4) is 5.88 Å². The van der Waals surface area contributed by atoms with E-state index in [0.717, 1.165) is 5.56 Å². The summed E-state index contributed by atoms with van der Waals surface area (Å²) >= 11 is 0. The minimum atomic E-state index is -0.371. The molecule has 0 saturated carbocycles. The van der Waals surface area contributed by atoms with Gasteiger partial charge in [-0.15, -0.1) is 0 Å². The van der Waals surface area contributed by atoms with E-state index < -0.39 is 0 Å². The second-order valence-corrected chi connectivity index (χ2v) is 4.56. The molecule has 1 aromatic rings. The highest BCUT2D eigenvalue weighted by Gasteiger charge is 2.09. The van der Waals surface area contributed by atoms with Crippen molar-refractivity contribution in [2.24, 2.45) is 0 Å². The van der Waals surface area contributed by atoms with E-state index in [1.165, 1.54) is 0 Å². The predicted molar refractivity (Wildman–Crippen MR) is 77.5 cm³/mol. The quantitative estimate of drug-likeness (QED) is 0.583. The summed E-state index contributed by atoms with van der Waals surface area (Å²) in [5, 5.41) is 3.13. The van der Waals surface area contributed by atoms with Crippen molar-refractivity contribution < 1.29 is 14.3 Å². The molecule has 1 heterocycles. The van der Waals surface area contributed by atoms with Gasteiger partial charge in [-0.05, 0) is 26.8 Å². The molecule has 0 spiro atoms. The molecule has 0 atom stereocenters. The molecule has 20 heavy (non-hydrogen) atoms. The first-order valence-corrected chi connectivity index (χ1v) is 6.70. The van der Waals surface area contributed by atoms with Crippen LogP contribution in [0.4, 0.5) is 0 Å². The van der Waals surface area contributed by atoms with E-state index in [2.05, 4.69) is 16.9 Å². The highest BCUT2D eigenvalue weighted by Crippen LogP contribution is 2.15. The number of carbonyl (C=O) groups is 1. The zero-order valence-electron chi connectivity index (χ0n) is 12.3. The molecule has 0 aromatic carbocycles. The number of carbonyl (C=O) groups excluding carboxylic acids is 1. The maximum atomic E-state index is 11.4. The Morgan fingerprint density at radius 2 is 2.25 bits per heavy atom. The van der Waals surface area contributed by atoms with Crippen LogP contribution in [-0.2, 0) is 16.1 Å². The van der Waals surface area contributed by atoms with E-state index in [-0.39, 0.29) is 12.1 Å². The number of nitrogens with one attached hydrogen (secondary N) is 1. The van der Waals surface area contributed by atoms with E-state index in [1.807, 2.05) is 26.0 Å². The second kappa shape index (κ2) is 8.32. The molecule has 5 heteroatoms. The number of aromatic nitrogens is 1. The Balaban J connectivity index is 2.49. The molecule has 1 N–H and O–H groups in total. The van der Waals surface area contributed by atoms with Crippen molar-refractivity contribution in [2.75, 3.05) is 13.2 Å². The lowest BCUT2D eigenvalue weighted by molar-refractivity contribution is -0.138. The molecule has 0 saturated heterocycles. The van der Waals surface area contributed by atoms with E-state index >= 15 is 0 Å². The van der Waals surface area contributed by atoms with Crippen LogP contribution in [-0.4, -0.2) is 30.2 Å². The number of nitrogens with zero attached hydrogens (tertiary/aromatic N) is 1. The van der Waals surface area contributed by atoms with Crippen molar-refractivity contribution in [3.63, 3.8) is 0 Å². The van der Waals surface area contributed by atoms with Gasteiger partial charge >= 0.3 is 5.97 Å². The Kier molecular flexibility index (Phi) is 6.73. The van der Waals surface area contributed by atoms with Gasteiger partial charge < -0.3 is 14.8 Å². The van der Waals surface area contributed by atoms with E-state index in [0.29, 0.717) is 31.1 Å². The lowest BCUT2D eigenvalue weighted by Gasteiger charge is -2.13. The summed E-state index contributed by atoms with van der Waals surface area (Å²) in [7, 11) is 0. The van der Waals surface area contributed by atoms with Gasteiger partial charge in [0, 0.05) is 30.4 Å². The SMILES string of the molecule is C=C(CNCc1cccnc1OC(C)C)C(=O)OCC. The first kappa shape index (κ1) is 16.2. The molecule has 0 fully saturated rings. The number of esters is 1. The summed E-state index contributed by atoms with van der Waals surface area (Å²) in [6, 6.07) is 3.79. The van der Waals surface area contributed by atoms with Crippen molar-refractivity contribution >= 4 is 5.97 Å². The third-order valence-electron chi connectivity index (χ3n) is 2.42. The molecule has 0 aliphatic rings. The average molecular weight is 278 g/mol. The largest absolute Gasteiger partial charge is 0.475 e. The fourth-order valence-electron chi connectivity index (χ4n) is 1.54. The highest BCUT2D eigenvalue weighted by atomic mass is 16.5. The van der Waals surface area contributed by atoms with E-state index in [9.17, 15) is 4.79 Å². The van der Waals surface area contributed by atoms with Crippen LogP contribution in [0.5, 0.6) is 5.88 Å². The maximum absolute atomic E-state index is 11.4. The molecular formula is C15H22N2O3. The standard InChI is InChI=1S/C15H22N2O3/c1-5-19-15(18)12(4)9-16-10-13-7-6-8-17-14(13)20-11(2)3/h6-8,11,16H,4-5,9-10H2,1-3H3. The molecule has 1 aromatic heterocycles. The van der Waals surface area contributed by atoms with Crippen LogP contribution in [0.3, 0.4) is 0 Å². The highest BCUT2D eigenvalue weighted by molar-refractivity contribution is 5.88. The maximum Gasteiger partial charge on any atom is 0.334 e. The van der Waals surface area contributed by atoms with Gasteiger partial charge in [-0.25, -0.2) is 9.78 Å². The molecule has 0 unspecified atom stereocenters. The van der Waals surface area contributed by atoms with Crippen LogP contribution >= 0.6 is 0 Å². The van der Waals surface area contributed by atoms with Gasteiger partial charge in [0.05, 0.1) is 12.7 Å². The van der Waals surface area contributed by atoms with Gasteiger partial charge in [0.1, 0.15) is 0 Å². The zero-order valence-corrected chi connectivity index (χ0v) is 12.3. The number of pyridine rings is 1. The summed E-state index contributed by atoms with van der Waals surface area (Å²) in [6.45, 7) is 10.6. The third-order valence-corrected chi connectivity index (χ3v) is 2.42. The van der Waals surface area contributed by atoms with E-state index in [1.54, 1.807) is 13.1 Å². The number of ether oxygens (including phenoxy) is 2. The van der Waals surface area contributed by atoms with Gasteiger partial charge in [0.2, 0.25) is 5.88 Å². The molecule has 0 radical (unpaired) electrons. The number of rotatable bonds is 8. The van der Waals surface area contributed by atoms with Gasteiger partial charge in [0.15, 0.2) is 0 Å². The van der Waals surface area contributed by atoms with Gasteiger partial charge in [-0.1, -0.05) is 12.6 Å². The van der Waals surface area contributed by atoms with Crippen molar-refractivity contribution in [2.45, 2.75) is 33.4 Å². The van der Waals surface area contributed by atoms with Gasteiger partial charge in [0.25, 0.3) is 0 Å². The fraction of sp³-hybridized carbons (Fsp3) is 0.467. The molecular weight excluding hydrogens is 256 g/mol. The molecule has 1 rings (SSSR count). The van der Waals surface area contributed by atoms with Crippen LogP contribution < -0.4 is 10.1 Å². The number of hydrogen-bond donors (Lipinski definition) is 1. The van der Waals surface area contributed by atoms with Crippen LogP contribution in [0, 0.1) is 0 Å². The second-order valence-electron chi connectivity index (χ2n) is 4.56. The molecule has 0 bridgehead atoms. The average Bonchev–Trinajstić information content (AvgIpc) is 2.40. The monoisotopic (exact) mass is 278 g/mol. The Labute approximate surface area is 120 Å². The lowest BCUT2D eigenvalue weighted by atomic mass is 10.2. The summed E-state index contributed by atoms with van der Waals surface area (Å²) in [5.74, 6) is 0.238. The summed E-state index contributed by atoms with van der Waals surface area (Å²) in [6.07, 6.45) is 1.76. The minimum Gasteiger partial charge on any atom is -0.475 e. The van der Waals surface area contributed by atoms with Crippen LogP contribution in [0.15, 0.2) is 30.5 Å². The van der Waals surface area contributed by atoms with E-state index in [4.69, 9.17) is 9.47 Å². The van der Waals surface area contributed by atoms with Crippen LogP contribution in [0.25, 0.3) is 0 Å². The van der Waals surface area contributed by atoms with Crippen molar-refractivity contribution in [3.05, 3.63) is 36.0 Å². The Bertz CT molecular complexity index is 458.